The van der Waals surface area contributed by atoms with Gasteiger partial charge in [-0.3, -0.25) is 0 Å². The van der Waals surface area contributed by atoms with Gasteiger partial charge in [0.2, 0.25) is 0 Å². The SMILES string of the molecule is Cc1cc(C)c([Si-]2C3(c4ccccc4)C(c4ccccc4)=C(c4ccccc4)C2(c2ccccc2)c2ccccc23)c(C)c1.[Li+]. The van der Waals surface area contributed by atoms with Gasteiger partial charge in [-0.05, 0) is 31.9 Å². The molecule has 8 rings (SSSR count). The van der Waals surface area contributed by atoms with Gasteiger partial charge in [0.15, 0.2) is 0 Å². The molecule has 0 aromatic heterocycles. The summed E-state index contributed by atoms with van der Waals surface area (Å²) in [5.74, 6) is 0. The van der Waals surface area contributed by atoms with Gasteiger partial charge >= 0.3 is 18.9 Å². The molecule has 0 amide bonds. The molecule has 2 aliphatic heterocycles. The minimum atomic E-state index is -1.56. The van der Waals surface area contributed by atoms with Crippen LogP contribution in [0.25, 0.3) is 11.1 Å². The Balaban J connectivity index is 0.00000325. The van der Waals surface area contributed by atoms with Crippen molar-refractivity contribution in [2.24, 2.45) is 0 Å². The second kappa shape index (κ2) is 11.3. The molecule has 2 bridgehead atoms. The van der Waals surface area contributed by atoms with Crippen molar-refractivity contribution < 1.29 is 18.9 Å². The first-order valence-electron chi connectivity index (χ1n) is 15.6. The predicted octanol–water partition coefficient (Wildman–Crippen LogP) is 6.31. The summed E-state index contributed by atoms with van der Waals surface area (Å²) >= 11 is 0. The Hall–Kier alpha value is -4.13. The molecule has 6 aromatic carbocycles. The van der Waals surface area contributed by atoms with Gasteiger partial charge in [0.25, 0.3) is 0 Å². The van der Waals surface area contributed by atoms with E-state index in [2.05, 4.69) is 178 Å². The van der Waals surface area contributed by atoms with Crippen LogP contribution in [-0.2, 0) is 10.1 Å². The normalized spacial score (nSPS) is 19.8. The van der Waals surface area contributed by atoms with E-state index in [1.807, 2.05) is 0 Å². The molecule has 45 heavy (non-hydrogen) atoms. The molecule has 0 saturated carbocycles. The zero-order valence-corrected chi connectivity index (χ0v) is 27.5. The molecular formula is C43H35LiSi. The average molecular weight is 587 g/mol. The molecule has 0 fully saturated rings. The molecule has 2 heteroatoms. The van der Waals surface area contributed by atoms with Gasteiger partial charge < -0.3 is 0 Å². The molecule has 2 atom stereocenters. The first kappa shape index (κ1) is 29.6. The van der Waals surface area contributed by atoms with E-state index in [1.54, 1.807) is 5.19 Å². The van der Waals surface area contributed by atoms with Crippen LogP contribution in [0.5, 0.6) is 0 Å². The summed E-state index contributed by atoms with van der Waals surface area (Å²) in [6, 6.07) is 59.7. The Morgan fingerprint density at radius 2 is 0.756 bits per heavy atom. The van der Waals surface area contributed by atoms with Crippen LogP contribution in [0.4, 0.5) is 0 Å². The fourth-order valence-electron chi connectivity index (χ4n) is 8.73. The van der Waals surface area contributed by atoms with Crippen molar-refractivity contribution in [1.29, 1.82) is 0 Å². The third kappa shape index (κ3) is 4.05. The van der Waals surface area contributed by atoms with Crippen molar-refractivity contribution in [1.82, 2.24) is 0 Å². The van der Waals surface area contributed by atoms with Crippen molar-refractivity contribution >= 4 is 25.1 Å². The zero-order valence-electron chi connectivity index (χ0n) is 26.5. The van der Waals surface area contributed by atoms with Crippen LogP contribution < -0.4 is 24.0 Å². The zero-order chi connectivity index (χ0) is 29.9. The average Bonchev–Trinajstić information content (AvgIpc) is 3.49. The first-order valence-corrected chi connectivity index (χ1v) is 17.1. The summed E-state index contributed by atoms with van der Waals surface area (Å²) in [5, 5.41) is 0.912. The summed E-state index contributed by atoms with van der Waals surface area (Å²) in [6.07, 6.45) is 0. The molecular weight excluding hydrogens is 552 g/mol. The Kier molecular flexibility index (Phi) is 7.46. The molecule has 0 N–H and O–H groups in total. The smallest absolute Gasteiger partial charge is 0.237 e. The summed E-state index contributed by atoms with van der Waals surface area (Å²) in [5.41, 5.74) is 15.4. The summed E-state index contributed by atoms with van der Waals surface area (Å²) < 4.78 is 0. The van der Waals surface area contributed by atoms with E-state index in [4.69, 9.17) is 0 Å². The number of rotatable bonds is 5. The van der Waals surface area contributed by atoms with Gasteiger partial charge in [-0.2, -0.15) is 5.19 Å². The van der Waals surface area contributed by atoms with Crippen LogP contribution in [-0.4, -0.2) is 8.80 Å². The maximum atomic E-state index is 2.45. The number of fused-ring (bicyclic) bond motifs is 5. The van der Waals surface area contributed by atoms with Crippen LogP contribution in [0.3, 0.4) is 0 Å². The predicted molar refractivity (Wildman–Crippen MR) is 187 cm³/mol. The topological polar surface area (TPSA) is 0 Å². The van der Waals surface area contributed by atoms with Gasteiger partial charge in [-0.1, -0.05) is 218 Å². The van der Waals surface area contributed by atoms with Crippen LogP contribution in [0.1, 0.15) is 50.1 Å². The van der Waals surface area contributed by atoms with Crippen molar-refractivity contribution in [3.05, 3.63) is 208 Å². The molecule has 212 valence electrons. The monoisotopic (exact) mass is 586 g/mol. The quantitative estimate of drug-likeness (QED) is 0.208. The molecule has 0 radical (unpaired) electrons. The van der Waals surface area contributed by atoms with Crippen LogP contribution in [0.2, 0.25) is 0 Å². The minimum Gasteiger partial charge on any atom is -0.237 e. The number of aryl methyl sites for hydroxylation is 3. The summed E-state index contributed by atoms with van der Waals surface area (Å²) in [4.78, 5) is 0. The third-order valence-corrected chi connectivity index (χ3v) is 14.4. The van der Waals surface area contributed by atoms with Gasteiger partial charge in [-0.15, -0.1) is 0 Å². The fourth-order valence-corrected chi connectivity index (χ4v) is 13.9. The minimum absolute atomic E-state index is 0. The third-order valence-electron chi connectivity index (χ3n) is 9.95. The van der Waals surface area contributed by atoms with E-state index in [0.29, 0.717) is 0 Å². The maximum absolute atomic E-state index is 2.45. The number of benzene rings is 6. The van der Waals surface area contributed by atoms with Crippen molar-refractivity contribution in [3.8, 4) is 0 Å². The van der Waals surface area contributed by atoms with Gasteiger partial charge in [0.05, 0.1) is 0 Å². The Morgan fingerprint density at radius 3 is 1.13 bits per heavy atom. The van der Waals surface area contributed by atoms with E-state index >= 15 is 0 Å². The number of allylic oxidation sites excluding steroid dienone is 2. The number of hydrogen-bond acceptors (Lipinski definition) is 0. The Bertz CT molecular complexity index is 1890. The largest absolute Gasteiger partial charge is 1.00 e. The van der Waals surface area contributed by atoms with Crippen molar-refractivity contribution in [2.75, 3.05) is 0 Å². The van der Waals surface area contributed by atoms with Gasteiger partial charge in [-0.25, -0.2) is 8.80 Å². The Morgan fingerprint density at radius 1 is 0.422 bits per heavy atom. The van der Waals surface area contributed by atoms with Crippen LogP contribution in [0, 0.1) is 20.8 Å². The van der Waals surface area contributed by atoms with E-state index < -0.39 is 8.80 Å². The van der Waals surface area contributed by atoms with Crippen molar-refractivity contribution in [2.45, 2.75) is 30.8 Å². The number of hydrogen-bond donors (Lipinski definition) is 0. The Labute approximate surface area is 281 Å². The maximum Gasteiger partial charge on any atom is 1.00 e. The standard InChI is InChI=1S/C43H35Si.Li/c1-30-28-31(2)41(32(3)29-30)44-42(35-22-12-6-13-23-35)37-26-16-17-27-38(37)43(44,36-24-14-7-15-25-36)40(34-20-10-5-11-21-34)39(42)33-18-8-4-9-19-33;/h4-29H,1-3H3;/q-1;+1. The van der Waals surface area contributed by atoms with Crippen LogP contribution in [0.15, 0.2) is 158 Å². The van der Waals surface area contributed by atoms with E-state index in [9.17, 15) is 0 Å². The second-order valence-corrected chi connectivity index (χ2v) is 15.2. The second-order valence-electron chi connectivity index (χ2n) is 12.4. The molecule has 2 heterocycles. The molecule has 2 aliphatic rings. The summed E-state index contributed by atoms with van der Waals surface area (Å²) in [6.45, 7) is 6.95. The molecule has 2 unspecified atom stereocenters. The molecule has 6 aromatic rings. The molecule has 0 spiro atoms. The van der Waals surface area contributed by atoms with Crippen LogP contribution >= 0.6 is 0 Å². The van der Waals surface area contributed by atoms with E-state index in [-0.39, 0.29) is 28.9 Å². The van der Waals surface area contributed by atoms with Crippen molar-refractivity contribution in [3.63, 3.8) is 0 Å². The first-order chi connectivity index (χ1) is 21.6. The molecule has 0 aliphatic carbocycles. The fraction of sp³-hybridized carbons (Fsp3) is 0.116. The summed E-state index contributed by atoms with van der Waals surface area (Å²) in [7, 11) is -1.56. The molecule has 0 saturated heterocycles. The van der Waals surface area contributed by atoms with E-state index in [1.165, 1.54) is 61.2 Å². The molecule has 0 nitrogen and oxygen atoms in total. The van der Waals surface area contributed by atoms with Gasteiger partial charge in [0, 0.05) is 0 Å². The van der Waals surface area contributed by atoms with E-state index in [0.717, 1.165) is 0 Å². The van der Waals surface area contributed by atoms with Gasteiger partial charge in [0.1, 0.15) is 0 Å².